The summed E-state index contributed by atoms with van der Waals surface area (Å²) in [5, 5.41) is 2.82. The molecule has 1 saturated heterocycles. The SMILES string of the molecule is NC(=O)[C@H]1CCCN1C(=O)c1csc2ccccc12. The van der Waals surface area contributed by atoms with Gasteiger partial charge in [0.15, 0.2) is 0 Å². The fraction of sp³-hybridized carbons (Fsp3) is 0.286. The lowest BCUT2D eigenvalue weighted by molar-refractivity contribution is -0.121. The van der Waals surface area contributed by atoms with E-state index in [4.69, 9.17) is 5.73 Å². The van der Waals surface area contributed by atoms with Gasteiger partial charge in [0.1, 0.15) is 6.04 Å². The summed E-state index contributed by atoms with van der Waals surface area (Å²) in [7, 11) is 0. The first-order chi connectivity index (χ1) is 9.18. The predicted octanol–water partition coefficient (Wildman–Crippen LogP) is 1.99. The van der Waals surface area contributed by atoms with E-state index in [-0.39, 0.29) is 5.91 Å². The van der Waals surface area contributed by atoms with Gasteiger partial charge in [0.05, 0.1) is 5.56 Å². The molecule has 98 valence electrons. The second-order valence-corrected chi connectivity index (χ2v) is 5.62. The number of hydrogen-bond acceptors (Lipinski definition) is 3. The summed E-state index contributed by atoms with van der Waals surface area (Å²) in [5.74, 6) is -0.496. The van der Waals surface area contributed by atoms with Gasteiger partial charge in [-0.15, -0.1) is 11.3 Å². The minimum Gasteiger partial charge on any atom is -0.368 e. The van der Waals surface area contributed by atoms with Gasteiger partial charge in [-0.1, -0.05) is 18.2 Å². The zero-order chi connectivity index (χ0) is 13.4. The first-order valence-corrected chi connectivity index (χ1v) is 7.13. The lowest BCUT2D eigenvalue weighted by Crippen LogP contribution is -2.43. The van der Waals surface area contributed by atoms with Crippen LogP contribution in [0.2, 0.25) is 0 Å². The highest BCUT2D eigenvalue weighted by Gasteiger charge is 2.33. The summed E-state index contributed by atoms with van der Waals surface area (Å²) in [6, 6.07) is 7.35. The minimum atomic E-state index is -0.453. The van der Waals surface area contributed by atoms with Crippen molar-refractivity contribution < 1.29 is 9.59 Å². The van der Waals surface area contributed by atoms with Gasteiger partial charge in [-0.25, -0.2) is 0 Å². The largest absolute Gasteiger partial charge is 0.368 e. The third kappa shape index (κ3) is 2.00. The molecule has 0 unspecified atom stereocenters. The molecular formula is C14H14N2O2S. The van der Waals surface area contributed by atoms with Crippen LogP contribution >= 0.6 is 11.3 Å². The number of benzene rings is 1. The molecular weight excluding hydrogens is 260 g/mol. The van der Waals surface area contributed by atoms with E-state index in [0.717, 1.165) is 16.5 Å². The molecule has 1 fully saturated rings. The zero-order valence-electron chi connectivity index (χ0n) is 10.3. The van der Waals surface area contributed by atoms with E-state index in [1.165, 1.54) is 0 Å². The van der Waals surface area contributed by atoms with Crippen LogP contribution in [0.5, 0.6) is 0 Å². The Morgan fingerprint density at radius 3 is 2.89 bits per heavy atom. The Balaban J connectivity index is 1.98. The van der Waals surface area contributed by atoms with Gasteiger partial charge in [-0.05, 0) is 18.9 Å². The summed E-state index contributed by atoms with van der Waals surface area (Å²) >= 11 is 1.55. The van der Waals surface area contributed by atoms with Crippen LogP contribution in [0.25, 0.3) is 10.1 Å². The fourth-order valence-corrected chi connectivity index (χ4v) is 3.54. The molecule has 2 amide bonds. The Labute approximate surface area is 114 Å². The van der Waals surface area contributed by atoms with E-state index < -0.39 is 11.9 Å². The van der Waals surface area contributed by atoms with Crippen molar-refractivity contribution in [1.82, 2.24) is 4.90 Å². The Morgan fingerprint density at radius 2 is 2.11 bits per heavy atom. The monoisotopic (exact) mass is 274 g/mol. The number of fused-ring (bicyclic) bond motifs is 1. The molecule has 0 radical (unpaired) electrons. The lowest BCUT2D eigenvalue weighted by Gasteiger charge is -2.21. The zero-order valence-corrected chi connectivity index (χ0v) is 11.2. The average Bonchev–Trinajstić information content (AvgIpc) is 3.05. The van der Waals surface area contributed by atoms with E-state index in [9.17, 15) is 9.59 Å². The Bertz CT molecular complexity index is 650. The van der Waals surface area contributed by atoms with Gasteiger partial charge in [0.2, 0.25) is 5.91 Å². The van der Waals surface area contributed by atoms with Crippen LogP contribution in [-0.2, 0) is 4.79 Å². The minimum absolute atomic E-state index is 0.0845. The number of likely N-dealkylation sites (tertiary alicyclic amines) is 1. The molecule has 1 atom stereocenters. The van der Waals surface area contributed by atoms with Gasteiger partial charge in [0, 0.05) is 22.0 Å². The van der Waals surface area contributed by atoms with E-state index in [1.807, 2.05) is 29.6 Å². The van der Waals surface area contributed by atoms with Crippen molar-refractivity contribution in [3.8, 4) is 0 Å². The molecule has 1 aliphatic heterocycles. The highest BCUT2D eigenvalue weighted by molar-refractivity contribution is 7.17. The third-order valence-electron chi connectivity index (χ3n) is 3.55. The summed E-state index contributed by atoms with van der Waals surface area (Å²) < 4.78 is 1.08. The normalized spacial score (nSPS) is 18.9. The van der Waals surface area contributed by atoms with E-state index in [2.05, 4.69) is 0 Å². The highest BCUT2D eigenvalue weighted by atomic mass is 32.1. The van der Waals surface area contributed by atoms with Crippen LogP contribution in [-0.4, -0.2) is 29.3 Å². The smallest absolute Gasteiger partial charge is 0.256 e. The Hall–Kier alpha value is -1.88. The molecule has 1 aromatic heterocycles. The Morgan fingerprint density at radius 1 is 1.32 bits per heavy atom. The number of thiophene rings is 1. The number of rotatable bonds is 2. The van der Waals surface area contributed by atoms with Gasteiger partial charge in [0.25, 0.3) is 5.91 Å². The van der Waals surface area contributed by atoms with Gasteiger partial charge in [-0.2, -0.15) is 0 Å². The number of hydrogen-bond donors (Lipinski definition) is 1. The molecule has 0 aliphatic carbocycles. The molecule has 1 aromatic carbocycles. The third-order valence-corrected chi connectivity index (χ3v) is 4.52. The van der Waals surface area contributed by atoms with Crippen molar-refractivity contribution in [2.45, 2.75) is 18.9 Å². The second-order valence-electron chi connectivity index (χ2n) is 4.70. The maximum atomic E-state index is 12.6. The van der Waals surface area contributed by atoms with E-state index >= 15 is 0 Å². The molecule has 19 heavy (non-hydrogen) atoms. The van der Waals surface area contributed by atoms with Gasteiger partial charge < -0.3 is 10.6 Å². The number of nitrogens with two attached hydrogens (primary N) is 1. The van der Waals surface area contributed by atoms with Crippen LogP contribution in [0.1, 0.15) is 23.2 Å². The van der Waals surface area contributed by atoms with Crippen molar-refractivity contribution in [2.75, 3.05) is 6.54 Å². The quantitative estimate of drug-likeness (QED) is 0.910. The number of carbonyl (C=O) groups is 2. The molecule has 5 heteroatoms. The molecule has 4 nitrogen and oxygen atoms in total. The molecule has 0 saturated carbocycles. The maximum Gasteiger partial charge on any atom is 0.256 e. The van der Waals surface area contributed by atoms with Crippen molar-refractivity contribution in [1.29, 1.82) is 0 Å². The van der Waals surface area contributed by atoms with Crippen LogP contribution in [0.3, 0.4) is 0 Å². The molecule has 2 aromatic rings. The Kier molecular flexibility index (Phi) is 2.98. The summed E-state index contributed by atoms with van der Waals surface area (Å²) in [6.07, 6.45) is 1.50. The number of amides is 2. The van der Waals surface area contributed by atoms with Crippen LogP contribution in [0.15, 0.2) is 29.6 Å². The number of carbonyl (C=O) groups excluding carboxylic acids is 2. The first-order valence-electron chi connectivity index (χ1n) is 6.25. The lowest BCUT2D eigenvalue weighted by atomic mass is 10.1. The average molecular weight is 274 g/mol. The molecule has 3 rings (SSSR count). The van der Waals surface area contributed by atoms with Crippen molar-refractivity contribution in [2.24, 2.45) is 5.73 Å². The highest BCUT2D eigenvalue weighted by Crippen LogP contribution is 2.29. The number of nitrogens with zero attached hydrogens (tertiary/aromatic N) is 1. The topological polar surface area (TPSA) is 63.4 Å². The first kappa shape index (κ1) is 12.2. The molecule has 0 spiro atoms. The second kappa shape index (κ2) is 4.66. The summed E-state index contributed by atoms with van der Waals surface area (Å²) in [4.78, 5) is 25.6. The van der Waals surface area contributed by atoms with Crippen LogP contribution in [0, 0.1) is 0 Å². The maximum absolute atomic E-state index is 12.6. The fourth-order valence-electron chi connectivity index (χ4n) is 2.60. The van der Waals surface area contributed by atoms with Crippen molar-refractivity contribution in [3.63, 3.8) is 0 Å². The molecule has 1 aliphatic rings. The molecule has 2 N–H and O–H groups in total. The summed E-state index contributed by atoms with van der Waals surface area (Å²) in [5.41, 5.74) is 6.04. The van der Waals surface area contributed by atoms with Crippen molar-refractivity contribution >= 4 is 33.2 Å². The predicted molar refractivity (Wildman–Crippen MR) is 75.1 cm³/mol. The van der Waals surface area contributed by atoms with Gasteiger partial charge in [-0.3, -0.25) is 9.59 Å². The van der Waals surface area contributed by atoms with Crippen molar-refractivity contribution in [3.05, 3.63) is 35.2 Å². The van der Waals surface area contributed by atoms with E-state index in [0.29, 0.717) is 18.5 Å². The van der Waals surface area contributed by atoms with Crippen LogP contribution in [0.4, 0.5) is 0 Å². The molecule has 0 bridgehead atoms. The number of primary amides is 1. The molecule has 2 heterocycles. The van der Waals surface area contributed by atoms with Crippen LogP contribution < -0.4 is 5.73 Å². The standard InChI is InChI=1S/C14H14N2O2S/c15-13(17)11-5-3-7-16(11)14(18)10-8-19-12-6-2-1-4-9(10)12/h1-2,4,6,8,11H,3,5,7H2,(H2,15,17)/t11-/m1/s1. The summed E-state index contributed by atoms with van der Waals surface area (Å²) in [6.45, 7) is 0.608. The van der Waals surface area contributed by atoms with E-state index in [1.54, 1.807) is 16.2 Å². The van der Waals surface area contributed by atoms with Gasteiger partial charge >= 0.3 is 0 Å².